The number of hydrogen-bond acceptors (Lipinski definition) is 4. The lowest BCUT2D eigenvalue weighted by Crippen LogP contribution is -2.32. The maximum atomic E-state index is 13.3. The van der Waals surface area contributed by atoms with Crippen molar-refractivity contribution in [1.82, 2.24) is 10.6 Å². The van der Waals surface area contributed by atoms with E-state index in [1.807, 2.05) is 5.38 Å². The second-order valence-electron chi connectivity index (χ2n) is 4.61. The zero-order valence-electron chi connectivity index (χ0n) is 12.4. The lowest BCUT2D eigenvalue weighted by Gasteiger charge is -2.08. The summed E-state index contributed by atoms with van der Waals surface area (Å²) in [5, 5.41) is 7.13. The van der Waals surface area contributed by atoms with Gasteiger partial charge in [-0.1, -0.05) is 18.2 Å². The first-order valence-corrected chi connectivity index (χ1v) is 8.00. The Hall–Kier alpha value is -2.41. The first-order chi connectivity index (χ1) is 11.2. The van der Waals surface area contributed by atoms with E-state index >= 15 is 0 Å². The van der Waals surface area contributed by atoms with Gasteiger partial charge in [0.2, 0.25) is 5.91 Å². The Morgan fingerprint density at radius 1 is 1.09 bits per heavy atom. The third kappa shape index (κ3) is 5.71. The molecular weight excluding hydrogens is 319 g/mol. The normalized spacial score (nSPS) is 10.1. The van der Waals surface area contributed by atoms with Crippen LogP contribution in [0, 0.1) is 5.82 Å². The maximum Gasteiger partial charge on any atom is 0.261 e. The molecule has 2 N–H and O–H groups in total. The van der Waals surface area contributed by atoms with Crippen molar-refractivity contribution in [3.8, 4) is 5.75 Å². The van der Waals surface area contributed by atoms with Crippen LogP contribution in [-0.4, -0.2) is 31.5 Å². The highest BCUT2D eigenvalue weighted by Gasteiger charge is 2.07. The van der Waals surface area contributed by atoms with Crippen molar-refractivity contribution in [1.29, 1.82) is 0 Å². The van der Waals surface area contributed by atoms with Crippen LogP contribution in [0.25, 0.3) is 0 Å². The van der Waals surface area contributed by atoms with Crippen LogP contribution in [0.2, 0.25) is 0 Å². The van der Waals surface area contributed by atoms with Gasteiger partial charge in [0, 0.05) is 13.0 Å². The summed E-state index contributed by atoms with van der Waals surface area (Å²) in [6, 6.07) is 9.60. The molecule has 0 bridgehead atoms. The summed E-state index contributed by atoms with van der Waals surface area (Å²) in [4.78, 5) is 23.9. The first-order valence-electron chi connectivity index (χ1n) is 7.12. The van der Waals surface area contributed by atoms with Gasteiger partial charge in [-0.2, -0.15) is 0 Å². The van der Waals surface area contributed by atoms with Gasteiger partial charge in [0.05, 0.1) is 11.4 Å². The second-order valence-corrected chi connectivity index (χ2v) is 5.56. The molecule has 1 heterocycles. The van der Waals surface area contributed by atoms with Crippen molar-refractivity contribution in [2.45, 2.75) is 6.42 Å². The molecule has 23 heavy (non-hydrogen) atoms. The summed E-state index contributed by atoms with van der Waals surface area (Å²) in [6.45, 7) is 0.705. The summed E-state index contributed by atoms with van der Waals surface area (Å²) < 4.78 is 18.5. The van der Waals surface area contributed by atoms with Crippen molar-refractivity contribution in [3.63, 3.8) is 0 Å². The number of ether oxygens (including phenoxy) is 1. The fourth-order valence-electron chi connectivity index (χ4n) is 1.79. The number of amides is 2. The van der Waals surface area contributed by atoms with Gasteiger partial charge in [0.25, 0.3) is 5.91 Å². The summed E-state index contributed by atoms with van der Waals surface area (Å²) >= 11 is 1.35. The quantitative estimate of drug-likeness (QED) is 0.726. The van der Waals surface area contributed by atoms with Crippen LogP contribution in [0.5, 0.6) is 5.75 Å². The number of carbonyl (C=O) groups excluding carboxylic acids is 2. The molecule has 5 nitrogen and oxygen atoms in total. The molecule has 0 aliphatic carbocycles. The molecule has 0 aliphatic heterocycles. The smallest absolute Gasteiger partial charge is 0.261 e. The van der Waals surface area contributed by atoms with E-state index < -0.39 is 5.82 Å². The lowest BCUT2D eigenvalue weighted by molar-refractivity contribution is -0.121. The lowest BCUT2D eigenvalue weighted by atomic mass is 10.3. The van der Waals surface area contributed by atoms with Crippen LogP contribution in [0.15, 0.2) is 41.8 Å². The fraction of sp³-hybridized carbons (Fsp3) is 0.250. The van der Waals surface area contributed by atoms with Gasteiger partial charge in [-0.3, -0.25) is 9.59 Å². The Morgan fingerprint density at radius 2 is 1.91 bits per heavy atom. The predicted octanol–water partition coefficient (Wildman–Crippen LogP) is 2.20. The van der Waals surface area contributed by atoms with Crippen LogP contribution in [0.4, 0.5) is 4.39 Å². The number of benzene rings is 1. The zero-order chi connectivity index (χ0) is 16.5. The van der Waals surface area contributed by atoms with E-state index in [0.717, 1.165) is 0 Å². The van der Waals surface area contributed by atoms with E-state index in [1.54, 1.807) is 24.3 Å². The van der Waals surface area contributed by atoms with Gasteiger partial charge in [-0.25, -0.2) is 4.39 Å². The van der Waals surface area contributed by atoms with Gasteiger partial charge < -0.3 is 15.4 Å². The second kappa shape index (κ2) is 8.89. The summed E-state index contributed by atoms with van der Waals surface area (Å²) in [6.07, 6.45) is 0.177. The average Bonchev–Trinajstić information content (AvgIpc) is 3.07. The van der Waals surface area contributed by atoms with Gasteiger partial charge in [0.15, 0.2) is 11.6 Å². The molecule has 2 amide bonds. The van der Waals surface area contributed by atoms with Gasteiger partial charge in [-0.05, 0) is 23.6 Å². The molecule has 0 unspecified atom stereocenters. The zero-order valence-corrected chi connectivity index (χ0v) is 13.2. The summed E-state index contributed by atoms with van der Waals surface area (Å²) in [5.41, 5.74) is 0. The molecule has 1 aromatic heterocycles. The van der Waals surface area contributed by atoms with Gasteiger partial charge >= 0.3 is 0 Å². The molecule has 0 radical (unpaired) electrons. The maximum absolute atomic E-state index is 13.3. The predicted molar refractivity (Wildman–Crippen MR) is 86.2 cm³/mol. The molecule has 2 rings (SSSR count). The summed E-state index contributed by atoms with van der Waals surface area (Å²) in [5.74, 6) is -0.663. The minimum atomic E-state index is -0.435. The van der Waals surface area contributed by atoms with E-state index in [9.17, 15) is 14.0 Å². The highest BCUT2D eigenvalue weighted by molar-refractivity contribution is 7.12. The first kappa shape index (κ1) is 17.0. The van der Waals surface area contributed by atoms with Crippen LogP contribution in [0.1, 0.15) is 16.1 Å². The Labute approximate surface area is 137 Å². The van der Waals surface area contributed by atoms with Crippen LogP contribution in [0.3, 0.4) is 0 Å². The molecule has 0 saturated heterocycles. The number of thiophene rings is 1. The minimum Gasteiger partial charge on any atom is -0.489 e. The largest absolute Gasteiger partial charge is 0.489 e. The third-order valence-electron chi connectivity index (χ3n) is 2.90. The van der Waals surface area contributed by atoms with Crippen LogP contribution in [-0.2, 0) is 4.79 Å². The van der Waals surface area contributed by atoms with E-state index in [1.165, 1.54) is 23.5 Å². The van der Waals surface area contributed by atoms with Crippen LogP contribution < -0.4 is 15.4 Å². The number of rotatable bonds is 8. The fourth-order valence-corrected chi connectivity index (χ4v) is 2.43. The molecule has 0 fully saturated rings. The average molecular weight is 336 g/mol. The SMILES string of the molecule is O=C(CCNC(=O)c1cccs1)NCCOc1ccccc1F. The number of nitrogens with one attached hydrogen (secondary N) is 2. The van der Waals surface area contributed by atoms with Crippen molar-refractivity contribution in [2.24, 2.45) is 0 Å². The number of halogens is 1. The van der Waals surface area contributed by atoms with Crippen molar-refractivity contribution < 1.29 is 18.7 Å². The molecule has 0 atom stereocenters. The molecule has 7 heteroatoms. The molecule has 122 valence electrons. The van der Waals surface area contributed by atoms with Crippen molar-refractivity contribution in [2.75, 3.05) is 19.7 Å². The number of carbonyl (C=O) groups is 2. The molecule has 0 spiro atoms. The summed E-state index contributed by atoms with van der Waals surface area (Å²) in [7, 11) is 0. The van der Waals surface area contributed by atoms with Crippen molar-refractivity contribution in [3.05, 3.63) is 52.5 Å². The van der Waals surface area contributed by atoms with E-state index in [4.69, 9.17) is 4.74 Å². The highest BCUT2D eigenvalue weighted by Crippen LogP contribution is 2.14. The highest BCUT2D eigenvalue weighted by atomic mass is 32.1. The van der Waals surface area contributed by atoms with Gasteiger partial charge in [0.1, 0.15) is 6.61 Å². The van der Waals surface area contributed by atoms with E-state index in [0.29, 0.717) is 4.88 Å². The van der Waals surface area contributed by atoms with Crippen molar-refractivity contribution >= 4 is 23.2 Å². The van der Waals surface area contributed by atoms with Gasteiger partial charge in [-0.15, -0.1) is 11.3 Å². The Morgan fingerprint density at radius 3 is 2.65 bits per heavy atom. The van der Waals surface area contributed by atoms with Crippen LogP contribution >= 0.6 is 11.3 Å². The topological polar surface area (TPSA) is 67.4 Å². The Balaban J connectivity index is 1.57. The molecular formula is C16H17FN2O3S. The van der Waals surface area contributed by atoms with E-state index in [2.05, 4.69) is 10.6 Å². The Kier molecular flexibility index (Phi) is 6.56. The molecule has 0 saturated carbocycles. The molecule has 1 aromatic carbocycles. The third-order valence-corrected chi connectivity index (χ3v) is 3.77. The monoisotopic (exact) mass is 336 g/mol. The Bertz CT molecular complexity index is 647. The van der Waals surface area contributed by atoms with E-state index in [-0.39, 0.29) is 43.7 Å². The molecule has 2 aromatic rings. The molecule has 0 aliphatic rings. The number of para-hydroxylation sites is 1. The standard InChI is InChI=1S/C16H17FN2O3S/c17-12-4-1-2-5-13(12)22-10-9-18-15(20)7-8-19-16(21)14-6-3-11-23-14/h1-6,11H,7-10H2,(H,18,20)(H,19,21). The minimum absolute atomic E-state index is 0.157. The number of hydrogen-bond donors (Lipinski definition) is 2.